The third-order valence-corrected chi connectivity index (χ3v) is 6.83. The number of nitrogen functional groups attached to an aromatic ring is 1. The summed E-state index contributed by atoms with van der Waals surface area (Å²) >= 11 is 0. The predicted molar refractivity (Wildman–Crippen MR) is 104 cm³/mol. The highest BCUT2D eigenvalue weighted by molar-refractivity contribution is 5.71. The Morgan fingerprint density at radius 2 is 1.38 bits per heavy atom. The van der Waals surface area contributed by atoms with E-state index in [0.29, 0.717) is 23.3 Å². The maximum atomic E-state index is 12.3. The monoisotopic (exact) mass is 403 g/mol. The molecule has 6 heteroatoms. The lowest BCUT2D eigenvalue weighted by atomic mass is 9.55. The third kappa shape index (κ3) is 3.77. The summed E-state index contributed by atoms with van der Waals surface area (Å²) in [6.07, 6.45) is 2.09. The molecule has 0 radical (unpaired) electrons. The van der Waals surface area contributed by atoms with Crippen molar-refractivity contribution in [2.45, 2.75) is 44.6 Å². The first-order valence-electron chi connectivity index (χ1n) is 10.3. The lowest BCUT2D eigenvalue weighted by Crippen LogP contribution is -2.50. The van der Waals surface area contributed by atoms with Crippen LogP contribution in [0.25, 0.3) is 11.1 Å². The number of hydrogen-bond acceptors (Lipinski definition) is 3. The van der Waals surface area contributed by atoms with Crippen molar-refractivity contribution in [1.29, 1.82) is 0 Å². The smallest absolute Gasteiger partial charge is 0.488 e. The van der Waals surface area contributed by atoms with Crippen molar-refractivity contribution in [3.8, 4) is 22.6 Å². The van der Waals surface area contributed by atoms with E-state index in [9.17, 15) is 13.2 Å². The Hall–Kier alpha value is -2.37. The van der Waals surface area contributed by atoms with Crippen molar-refractivity contribution in [2.75, 3.05) is 5.73 Å². The van der Waals surface area contributed by atoms with Crippen LogP contribution in [0, 0.1) is 23.7 Å². The Balaban J connectivity index is 1.31. The average molecular weight is 403 g/mol. The summed E-state index contributed by atoms with van der Waals surface area (Å²) in [5, 5.41) is 0. The van der Waals surface area contributed by atoms with Crippen LogP contribution in [-0.2, 0) is 0 Å². The van der Waals surface area contributed by atoms with E-state index in [2.05, 4.69) is 4.74 Å². The van der Waals surface area contributed by atoms with Crippen molar-refractivity contribution >= 4 is 5.69 Å². The van der Waals surface area contributed by atoms with E-state index in [1.807, 2.05) is 18.2 Å². The van der Waals surface area contributed by atoms with Crippen LogP contribution in [0.3, 0.4) is 0 Å². The zero-order valence-corrected chi connectivity index (χ0v) is 16.0. The minimum absolute atomic E-state index is 0.240. The van der Waals surface area contributed by atoms with Crippen LogP contribution >= 0.6 is 0 Å². The molecule has 0 saturated heterocycles. The highest BCUT2D eigenvalue weighted by Gasteiger charge is 2.49. The Morgan fingerprint density at radius 1 is 0.793 bits per heavy atom. The van der Waals surface area contributed by atoms with Gasteiger partial charge in [0.2, 0.25) is 0 Å². The molecule has 4 bridgehead atoms. The Morgan fingerprint density at radius 3 is 1.93 bits per heavy atom. The number of benzene rings is 2. The van der Waals surface area contributed by atoms with E-state index in [-0.39, 0.29) is 11.9 Å². The standard InChI is InChI=1S/C23H24F3NO2/c24-23(25,26)29-19-4-1-15(2-5-19)16-3-6-21(20(27)12-16)28-22-17-8-13-7-14(10-17)11-18(22)9-13/h1-6,12-14,17-18,22H,7-11,27H2. The zero-order valence-electron chi connectivity index (χ0n) is 16.0. The van der Waals surface area contributed by atoms with Gasteiger partial charge in [0.05, 0.1) is 5.69 Å². The van der Waals surface area contributed by atoms with E-state index >= 15 is 0 Å². The van der Waals surface area contributed by atoms with Gasteiger partial charge in [-0.05, 0) is 91.2 Å². The van der Waals surface area contributed by atoms with Crippen LogP contribution < -0.4 is 15.2 Å². The fraction of sp³-hybridized carbons (Fsp3) is 0.478. The number of nitrogens with two attached hydrogens (primary N) is 1. The van der Waals surface area contributed by atoms with E-state index in [1.165, 1.54) is 44.2 Å². The van der Waals surface area contributed by atoms with E-state index in [4.69, 9.17) is 10.5 Å². The fourth-order valence-electron chi connectivity index (χ4n) is 5.90. The van der Waals surface area contributed by atoms with Gasteiger partial charge in [-0.2, -0.15) is 0 Å². The molecular weight excluding hydrogens is 379 g/mol. The molecule has 2 N–H and O–H groups in total. The minimum atomic E-state index is -4.69. The molecular formula is C23H24F3NO2. The molecule has 0 spiro atoms. The molecule has 3 nitrogen and oxygen atoms in total. The Kier molecular flexibility index (Phi) is 4.41. The lowest BCUT2D eigenvalue weighted by molar-refractivity contribution is -0.274. The van der Waals surface area contributed by atoms with Gasteiger partial charge in [0.15, 0.2) is 0 Å². The molecule has 2 aromatic carbocycles. The van der Waals surface area contributed by atoms with Crippen LogP contribution in [0.15, 0.2) is 42.5 Å². The number of anilines is 1. The Labute approximate surface area is 168 Å². The van der Waals surface area contributed by atoms with Gasteiger partial charge in [-0.25, -0.2) is 0 Å². The van der Waals surface area contributed by atoms with Gasteiger partial charge in [0, 0.05) is 0 Å². The third-order valence-electron chi connectivity index (χ3n) is 6.83. The summed E-state index contributed by atoms with van der Waals surface area (Å²) in [4.78, 5) is 0. The maximum absolute atomic E-state index is 12.3. The van der Waals surface area contributed by atoms with Crippen LogP contribution in [0.5, 0.6) is 11.5 Å². The van der Waals surface area contributed by atoms with Gasteiger partial charge in [-0.3, -0.25) is 0 Å². The molecule has 0 atom stereocenters. The molecule has 6 rings (SSSR count). The summed E-state index contributed by atoms with van der Waals surface area (Å²) in [5.41, 5.74) is 8.44. The summed E-state index contributed by atoms with van der Waals surface area (Å²) in [6, 6.07) is 11.4. The molecule has 4 aliphatic carbocycles. The molecule has 0 heterocycles. The first-order chi connectivity index (χ1) is 13.8. The molecule has 4 fully saturated rings. The Bertz CT molecular complexity index is 866. The van der Waals surface area contributed by atoms with Gasteiger partial charge in [0.1, 0.15) is 17.6 Å². The first-order valence-corrected chi connectivity index (χ1v) is 10.3. The van der Waals surface area contributed by atoms with Crippen LogP contribution in [-0.4, -0.2) is 12.5 Å². The summed E-state index contributed by atoms with van der Waals surface area (Å²) < 4.78 is 47.3. The molecule has 2 aromatic rings. The fourth-order valence-corrected chi connectivity index (χ4v) is 5.90. The first kappa shape index (κ1) is 18.6. The SMILES string of the molecule is Nc1cc(-c2ccc(OC(F)(F)F)cc2)ccc1OC1C2CC3CC(C2)CC1C3. The van der Waals surface area contributed by atoms with Crippen LogP contribution in [0.4, 0.5) is 18.9 Å². The van der Waals surface area contributed by atoms with Crippen molar-refractivity contribution < 1.29 is 22.6 Å². The quantitative estimate of drug-likeness (QED) is 0.633. The molecule has 0 amide bonds. The predicted octanol–water partition coefficient (Wildman–Crippen LogP) is 6.04. The molecule has 154 valence electrons. The van der Waals surface area contributed by atoms with Gasteiger partial charge in [-0.1, -0.05) is 18.2 Å². The summed E-state index contributed by atoms with van der Waals surface area (Å²) in [5.74, 6) is 3.54. The van der Waals surface area contributed by atoms with E-state index < -0.39 is 6.36 Å². The number of ether oxygens (including phenoxy) is 2. The highest BCUT2D eigenvalue weighted by Crippen LogP contribution is 2.54. The van der Waals surface area contributed by atoms with E-state index in [0.717, 1.165) is 23.0 Å². The van der Waals surface area contributed by atoms with Crippen molar-refractivity contribution in [1.82, 2.24) is 0 Å². The summed E-state index contributed by atoms with van der Waals surface area (Å²) in [7, 11) is 0. The molecule has 0 aliphatic heterocycles. The second kappa shape index (κ2) is 6.85. The topological polar surface area (TPSA) is 44.5 Å². The van der Waals surface area contributed by atoms with Crippen molar-refractivity contribution in [3.63, 3.8) is 0 Å². The molecule has 4 aliphatic rings. The summed E-state index contributed by atoms with van der Waals surface area (Å²) in [6.45, 7) is 0. The van der Waals surface area contributed by atoms with Gasteiger partial charge in [0.25, 0.3) is 0 Å². The molecule has 4 saturated carbocycles. The van der Waals surface area contributed by atoms with Gasteiger partial charge >= 0.3 is 6.36 Å². The van der Waals surface area contributed by atoms with E-state index in [1.54, 1.807) is 12.1 Å². The lowest BCUT2D eigenvalue weighted by Gasteiger charge is -2.53. The number of halogens is 3. The van der Waals surface area contributed by atoms with Crippen LogP contribution in [0.2, 0.25) is 0 Å². The maximum Gasteiger partial charge on any atom is 0.573 e. The highest BCUT2D eigenvalue weighted by atomic mass is 19.4. The van der Waals surface area contributed by atoms with Gasteiger partial charge in [-0.15, -0.1) is 13.2 Å². The van der Waals surface area contributed by atoms with Crippen LogP contribution in [0.1, 0.15) is 32.1 Å². The minimum Gasteiger partial charge on any atom is -0.488 e. The second-order valence-electron chi connectivity index (χ2n) is 8.84. The van der Waals surface area contributed by atoms with Crippen molar-refractivity contribution in [2.24, 2.45) is 23.7 Å². The normalized spacial score (nSPS) is 30.4. The largest absolute Gasteiger partial charge is 0.573 e. The molecule has 0 aromatic heterocycles. The molecule has 0 unspecified atom stereocenters. The zero-order chi connectivity index (χ0) is 20.2. The second-order valence-corrected chi connectivity index (χ2v) is 8.84. The number of alkyl halides is 3. The number of hydrogen-bond donors (Lipinski definition) is 1. The number of rotatable bonds is 4. The van der Waals surface area contributed by atoms with Crippen molar-refractivity contribution in [3.05, 3.63) is 42.5 Å². The molecule has 29 heavy (non-hydrogen) atoms. The van der Waals surface area contributed by atoms with Gasteiger partial charge < -0.3 is 15.2 Å². The average Bonchev–Trinajstić information content (AvgIpc) is 2.64.